The fourth-order valence-corrected chi connectivity index (χ4v) is 1.43. The largest absolute Gasteiger partial charge is 0.370 e. The number of aromatic nitrogens is 2. The summed E-state index contributed by atoms with van der Waals surface area (Å²) in [5.41, 5.74) is 5.42. The van der Waals surface area contributed by atoms with E-state index in [0.29, 0.717) is 11.7 Å². The van der Waals surface area contributed by atoms with Crippen LogP contribution in [0.25, 0.3) is 0 Å². The fourth-order valence-electron chi connectivity index (χ4n) is 1.43. The van der Waals surface area contributed by atoms with Crippen LogP contribution in [0.4, 0.5) is 0 Å². The molecule has 0 aliphatic carbocycles. The molecule has 0 amide bonds. The van der Waals surface area contributed by atoms with Gasteiger partial charge >= 0.3 is 0 Å². The molecule has 16 heavy (non-hydrogen) atoms. The number of nitrogens with two attached hydrogens (primary N) is 1. The average molecular weight is 227 g/mol. The van der Waals surface area contributed by atoms with E-state index in [4.69, 9.17) is 15.0 Å². The summed E-state index contributed by atoms with van der Waals surface area (Å²) in [6.45, 7) is 6.03. The first kappa shape index (κ1) is 13.1. The number of rotatable bonds is 6. The summed E-state index contributed by atoms with van der Waals surface area (Å²) in [7, 11) is 1.64. The summed E-state index contributed by atoms with van der Waals surface area (Å²) in [6, 6.07) is -0.177. The van der Waals surface area contributed by atoms with Crippen molar-refractivity contribution in [3.63, 3.8) is 0 Å². The van der Waals surface area contributed by atoms with Crippen LogP contribution in [0.15, 0.2) is 4.52 Å². The van der Waals surface area contributed by atoms with Gasteiger partial charge in [0.2, 0.25) is 11.7 Å². The zero-order valence-electron chi connectivity index (χ0n) is 10.5. The van der Waals surface area contributed by atoms with Crippen LogP contribution >= 0.6 is 0 Å². The Labute approximate surface area is 96.4 Å². The molecule has 0 radical (unpaired) electrons. The molecule has 5 heteroatoms. The normalized spacial score (nSPS) is 17.1. The minimum absolute atomic E-state index is 0.177. The molecule has 92 valence electrons. The summed E-state index contributed by atoms with van der Waals surface area (Å²) in [4.78, 5) is 4.31. The van der Waals surface area contributed by atoms with Gasteiger partial charge in [-0.2, -0.15) is 4.98 Å². The van der Waals surface area contributed by atoms with E-state index in [-0.39, 0.29) is 6.04 Å². The number of nitrogens with zero attached hydrogens (tertiary/aromatic N) is 2. The molecule has 1 aromatic rings. The standard InChI is InChI=1S/C11H21N3O2/c1-5-7-8(12)9-13-10(14-16-9)11(3,6-2)15-4/h8H,5-7,12H2,1-4H3/t8-,11?/m0/s1. The fraction of sp³-hybridized carbons (Fsp3) is 0.818. The van der Waals surface area contributed by atoms with Crippen LogP contribution in [-0.4, -0.2) is 17.3 Å². The van der Waals surface area contributed by atoms with Crippen molar-refractivity contribution >= 4 is 0 Å². The van der Waals surface area contributed by atoms with Crippen molar-refractivity contribution in [1.82, 2.24) is 10.1 Å². The molecule has 2 atom stereocenters. The number of hydrogen-bond donors (Lipinski definition) is 1. The number of hydrogen-bond acceptors (Lipinski definition) is 5. The van der Waals surface area contributed by atoms with Gasteiger partial charge in [0.1, 0.15) is 5.60 Å². The van der Waals surface area contributed by atoms with Gasteiger partial charge < -0.3 is 15.0 Å². The minimum Gasteiger partial charge on any atom is -0.370 e. The lowest BCUT2D eigenvalue weighted by atomic mass is 10.0. The van der Waals surface area contributed by atoms with Gasteiger partial charge in [0, 0.05) is 7.11 Å². The van der Waals surface area contributed by atoms with E-state index in [2.05, 4.69) is 17.1 Å². The molecule has 1 heterocycles. The monoisotopic (exact) mass is 227 g/mol. The van der Waals surface area contributed by atoms with E-state index in [1.165, 1.54) is 0 Å². The van der Waals surface area contributed by atoms with Crippen LogP contribution in [0.3, 0.4) is 0 Å². The SMILES string of the molecule is CCC[C@H](N)c1nc(C(C)(CC)OC)no1. The van der Waals surface area contributed by atoms with E-state index in [9.17, 15) is 0 Å². The molecule has 0 aliphatic rings. The molecule has 0 spiro atoms. The highest BCUT2D eigenvalue weighted by Gasteiger charge is 2.30. The first-order chi connectivity index (χ1) is 7.57. The predicted octanol–water partition coefficient (Wildman–Crippen LogP) is 2.14. The van der Waals surface area contributed by atoms with Crippen LogP contribution in [0.1, 0.15) is 57.8 Å². The van der Waals surface area contributed by atoms with Crippen molar-refractivity contribution < 1.29 is 9.26 Å². The zero-order chi connectivity index (χ0) is 12.2. The Hall–Kier alpha value is -0.940. The number of methoxy groups -OCH3 is 1. The Morgan fingerprint density at radius 1 is 1.50 bits per heavy atom. The zero-order valence-corrected chi connectivity index (χ0v) is 10.5. The highest BCUT2D eigenvalue weighted by molar-refractivity contribution is 5.00. The van der Waals surface area contributed by atoms with E-state index >= 15 is 0 Å². The molecule has 5 nitrogen and oxygen atoms in total. The molecular formula is C11H21N3O2. The van der Waals surface area contributed by atoms with Crippen LogP contribution in [0, 0.1) is 0 Å². The summed E-state index contributed by atoms with van der Waals surface area (Å²) in [6.07, 6.45) is 2.62. The lowest BCUT2D eigenvalue weighted by molar-refractivity contribution is -0.0106. The Kier molecular flexibility index (Phi) is 4.44. The molecule has 0 saturated heterocycles. The molecule has 0 aromatic carbocycles. The van der Waals surface area contributed by atoms with Gasteiger partial charge in [-0.3, -0.25) is 0 Å². The van der Waals surface area contributed by atoms with Crippen molar-refractivity contribution in [2.45, 2.75) is 51.7 Å². The van der Waals surface area contributed by atoms with Crippen molar-refractivity contribution in [1.29, 1.82) is 0 Å². The van der Waals surface area contributed by atoms with Gasteiger partial charge in [-0.1, -0.05) is 25.4 Å². The van der Waals surface area contributed by atoms with Gasteiger partial charge in [0.25, 0.3) is 0 Å². The highest BCUT2D eigenvalue weighted by Crippen LogP contribution is 2.26. The molecule has 0 bridgehead atoms. The second-order valence-electron chi connectivity index (χ2n) is 4.14. The Morgan fingerprint density at radius 2 is 2.19 bits per heavy atom. The third kappa shape index (κ3) is 2.59. The summed E-state index contributed by atoms with van der Waals surface area (Å²) in [5.74, 6) is 1.06. The summed E-state index contributed by atoms with van der Waals surface area (Å²) < 4.78 is 10.6. The smallest absolute Gasteiger partial charge is 0.243 e. The van der Waals surface area contributed by atoms with Gasteiger partial charge in [0.05, 0.1) is 6.04 Å². The second-order valence-corrected chi connectivity index (χ2v) is 4.14. The summed E-state index contributed by atoms with van der Waals surface area (Å²) in [5, 5.41) is 3.94. The molecule has 1 aromatic heterocycles. The third-order valence-electron chi connectivity index (χ3n) is 2.96. The van der Waals surface area contributed by atoms with E-state index in [1.54, 1.807) is 7.11 Å². The van der Waals surface area contributed by atoms with Crippen molar-refractivity contribution in [2.75, 3.05) is 7.11 Å². The van der Waals surface area contributed by atoms with E-state index < -0.39 is 5.60 Å². The Bertz CT molecular complexity index is 321. The average Bonchev–Trinajstić information content (AvgIpc) is 2.78. The van der Waals surface area contributed by atoms with Crippen LogP contribution in [-0.2, 0) is 10.3 Å². The molecule has 1 unspecified atom stereocenters. The first-order valence-electron chi connectivity index (χ1n) is 5.72. The second kappa shape index (κ2) is 5.41. The maximum absolute atomic E-state index is 5.91. The van der Waals surface area contributed by atoms with E-state index in [0.717, 1.165) is 19.3 Å². The molecule has 0 saturated carbocycles. The topological polar surface area (TPSA) is 74.2 Å². The maximum Gasteiger partial charge on any atom is 0.243 e. The molecule has 2 N–H and O–H groups in total. The lowest BCUT2D eigenvalue weighted by Crippen LogP contribution is -2.25. The molecule has 0 aliphatic heterocycles. The third-order valence-corrected chi connectivity index (χ3v) is 2.96. The Morgan fingerprint density at radius 3 is 2.69 bits per heavy atom. The van der Waals surface area contributed by atoms with Gasteiger partial charge in [0.15, 0.2) is 0 Å². The van der Waals surface area contributed by atoms with Crippen molar-refractivity contribution in [2.24, 2.45) is 5.73 Å². The molecule has 1 rings (SSSR count). The number of ether oxygens (including phenoxy) is 1. The molecule has 0 fully saturated rings. The van der Waals surface area contributed by atoms with E-state index in [1.807, 2.05) is 13.8 Å². The highest BCUT2D eigenvalue weighted by atomic mass is 16.5. The van der Waals surface area contributed by atoms with Crippen molar-refractivity contribution in [3.05, 3.63) is 11.7 Å². The summed E-state index contributed by atoms with van der Waals surface area (Å²) >= 11 is 0. The van der Waals surface area contributed by atoms with Crippen molar-refractivity contribution in [3.8, 4) is 0 Å². The first-order valence-corrected chi connectivity index (χ1v) is 5.72. The lowest BCUT2D eigenvalue weighted by Gasteiger charge is -2.21. The Balaban J connectivity index is 2.85. The predicted molar refractivity (Wildman–Crippen MR) is 60.8 cm³/mol. The minimum atomic E-state index is -0.492. The molecular weight excluding hydrogens is 206 g/mol. The van der Waals surface area contributed by atoms with Crippen LogP contribution in [0.2, 0.25) is 0 Å². The van der Waals surface area contributed by atoms with Crippen LogP contribution < -0.4 is 5.73 Å². The van der Waals surface area contributed by atoms with Gasteiger partial charge in [-0.25, -0.2) is 0 Å². The maximum atomic E-state index is 5.91. The van der Waals surface area contributed by atoms with Gasteiger partial charge in [-0.05, 0) is 19.8 Å². The van der Waals surface area contributed by atoms with Gasteiger partial charge in [-0.15, -0.1) is 0 Å². The van der Waals surface area contributed by atoms with Crippen LogP contribution in [0.5, 0.6) is 0 Å². The quantitative estimate of drug-likeness (QED) is 0.805.